The number of hydrogen-bond donors (Lipinski definition) is 0. The molecule has 1 aromatic heterocycles. The van der Waals surface area contributed by atoms with Gasteiger partial charge < -0.3 is 0 Å². The van der Waals surface area contributed by atoms with E-state index in [1.165, 1.54) is 37.7 Å². The molecule has 1 aliphatic heterocycles. The Balaban J connectivity index is 1.36. The van der Waals surface area contributed by atoms with E-state index in [-0.39, 0.29) is 0 Å². The van der Waals surface area contributed by atoms with Crippen molar-refractivity contribution in [1.29, 1.82) is 0 Å². The van der Waals surface area contributed by atoms with Crippen molar-refractivity contribution in [3.05, 3.63) is 109 Å². The number of hydrogen-bond acceptors (Lipinski definition) is 3. The van der Waals surface area contributed by atoms with Crippen LogP contribution < -0.4 is 0 Å². The van der Waals surface area contributed by atoms with Gasteiger partial charge in [0.2, 0.25) is 9.84 Å². The number of aromatic nitrogens is 2. The third-order valence-electron chi connectivity index (χ3n) is 8.64. The average molecular weight is 535 g/mol. The second kappa shape index (κ2) is 7.46. The van der Waals surface area contributed by atoms with E-state index >= 15 is 0 Å². The van der Waals surface area contributed by atoms with Crippen molar-refractivity contribution in [2.24, 2.45) is 0 Å². The van der Waals surface area contributed by atoms with Crippen LogP contribution in [0.4, 0.5) is 0 Å². The summed E-state index contributed by atoms with van der Waals surface area (Å²) in [5.41, 5.74) is 3.97. The molecule has 1 aliphatic rings. The molecule has 40 heavy (non-hydrogen) atoms. The fourth-order valence-electron chi connectivity index (χ4n) is 6.95. The number of rotatable bonds is 2. The molecular weight excluding hydrogens is 512 g/mol. The zero-order valence-corrected chi connectivity index (χ0v) is 22.5. The van der Waals surface area contributed by atoms with Gasteiger partial charge in [0.1, 0.15) is 5.82 Å². The molecule has 0 unspecified atom stereocenters. The van der Waals surface area contributed by atoms with E-state index in [9.17, 15) is 8.42 Å². The highest BCUT2D eigenvalue weighted by atomic mass is 32.2. The van der Waals surface area contributed by atoms with Crippen molar-refractivity contribution in [2.75, 3.05) is 0 Å². The summed E-state index contributed by atoms with van der Waals surface area (Å²) in [6.45, 7) is 2.05. The largest absolute Gasteiger partial charge is 0.294 e. The highest BCUT2D eigenvalue weighted by Crippen LogP contribution is 2.45. The maximum absolute atomic E-state index is 14.0. The van der Waals surface area contributed by atoms with Gasteiger partial charge in [-0.05, 0) is 78.5 Å². The molecule has 7 aromatic carbocycles. The topological polar surface area (TPSA) is 52.0 Å². The van der Waals surface area contributed by atoms with Crippen molar-refractivity contribution in [3.8, 4) is 16.8 Å². The van der Waals surface area contributed by atoms with Gasteiger partial charge in [-0.1, -0.05) is 85.8 Å². The fraction of sp³-hybridized carbons (Fsp3) is 0.0571. The molecule has 0 saturated heterocycles. The van der Waals surface area contributed by atoms with Gasteiger partial charge in [0.25, 0.3) is 0 Å². The lowest BCUT2D eigenvalue weighted by Crippen LogP contribution is -2.16. The standard InChI is InChI=1S/C35H22N2O2S/c1-2-32-36-28-13-6-14-30-35(28)37(32)29-18-15-21(19-31(29)40(30,38)39)22-16-17-27-25-10-4-8-20-7-3-9-24(33(20)25)26-12-5-11-23(22)34(26)27/h3-19H,2H2,1H3. The van der Waals surface area contributed by atoms with E-state index in [0.717, 1.165) is 22.3 Å². The van der Waals surface area contributed by atoms with Gasteiger partial charge in [0.05, 0.1) is 26.5 Å². The van der Waals surface area contributed by atoms with E-state index in [1.54, 1.807) is 12.1 Å². The first kappa shape index (κ1) is 22.1. The third kappa shape index (κ3) is 2.61. The Morgan fingerprint density at radius 1 is 0.675 bits per heavy atom. The average Bonchev–Trinajstić information content (AvgIpc) is 3.37. The van der Waals surface area contributed by atoms with Gasteiger partial charge in [-0.2, -0.15) is 0 Å². The molecular formula is C35H22N2O2S. The first-order valence-electron chi connectivity index (χ1n) is 13.5. The summed E-state index contributed by atoms with van der Waals surface area (Å²) in [4.78, 5) is 5.41. The van der Waals surface area contributed by atoms with Crippen molar-refractivity contribution >= 4 is 64.0 Å². The molecule has 0 bridgehead atoms. The number of imidazole rings is 1. The normalized spacial score (nSPS) is 14.1. The number of nitrogens with zero attached hydrogens (tertiary/aromatic N) is 2. The zero-order chi connectivity index (χ0) is 26.7. The highest BCUT2D eigenvalue weighted by Gasteiger charge is 2.33. The van der Waals surface area contributed by atoms with Crippen LogP contribution in [0.25, 0.3) is 70.9 Å². The van der Waals surface area contributed by atoms with E-state index in [0.29, 0.717) is 32.9 Å². The maximum atomic E-state index is 14.0. The lowest BCUT2D eigenvalue weighted by atomic mass is 9.87. The second-order valence-electron chi connectivity index (χ2n) is 10.6. The van der Waals surface area contributed by atoms with Gasteiger partial charge in [-0.15, -0.1) is 0 Å². The van der Waals surface area contributed by atoms with E-state index in [1.807, 2.05) is 22.8 Å². The first-order valence-corrected chi connectivity index (χ1v) is 15.0. The monoisotopic (exact) mass is 534 g/mol. The highest BCUT2D eigenvalue weighted by molar-refractivity contribution is 7.92. The molecule has 0 atom stereocenters. The number of para-hydroxylation sites is 1. The minimum absolute atomic E-state index is 0.323. The molecule has 190 valence electrons. The predicted molar refractivity (Wildman–Crippen MR) is 163 cm³/mol. The van der Waals surface area contributed by atoms with Gasteiger partial charge in [0, 0.05) is 6.42 Å². The molecule has 4 nitrogen and oxygen atoms in total. The minimum Gasteiger partial charge on any atom is -0.294 e. The minimum atomic E-state index is -3.72. The molecule has 0 spiro atoms. The Morgan fingerprint density at radius 3 is 2.12 bits per heavy atom. The Hall–Kier alpha value is -4.74. The van der Waals surface area contributed by atoms with Crippen LogP contribution in [0.15, 0.2) is 113 Å². The summed E-state index contributed by atoms with van der Waals surface area (Å²) >= 11 is 0. The molecule has 0 amide bonds. The number of benzene rings is 7. The molecule has 2 heterocycles. The van der Waals surface area contributed by atoms with Crippen LogP contribution in [0.2, 0.25) is 0 Å². The summed E-state index contributed by atoms with van der Waals surface area (Å²) in [5.74, 6) is 0.862. The summed E-state index contributed by atoms with van der Waals surface area (Å²) in [6, 6.07) is 35.0. The van der Waals surface area contributed by atoms with Crippen molar-refractivity contribution in [3.63, 3.8) is 0 Å². The molecule has 8 aromatic rings. The zero-order valence-electron chi connectivity index (χ0n) is 21.6. The quantitative estimate of drug-likeness (QED) is 0.165. The third-order valence-corrected chi connectivity index (χ3v) is 10.5. The van der Waals surface area contributed by atoms with Gasteiger partial charge >= 0.3 is 0 Å². The van der Waals surface area contributed by atoms with Crippen LogP contribution in [0, 0.1) is 0 Å². The molecule has 0 aliphatic carbocycles. The Bertz CT molecular complexity index is 2440. The van der Waals surface area contributed by atoms with Crippen LogP contribution in [0.1, 0.15) is 12.7 Å². The van der Waals surface area contributed by atoms with E-state index < -0.39 is 9.84 Å². The Kier molecular flexibility index (Phi) is 4.13. The van der Waals surface area contributed by atoms with Gasteiger partial charge in [-0.3, -0.25) is 4.57 Å². The summed E-state index contributed by atoms with van der Waals surface area (Å²) < 4.78 is 30.0. The Morgan fingerprint density at radius 2 is 1.35 bits per heavy atom. The molecule has 0 fully saturated rings. The van der Waals surface area contributed by atoms with Crippen molar-refractivity contribution in [1.82, 2.24) is 9.55 Å². The predicted octanol–water partition coefficient (Wildman–Crippen LogP) is 8.45. The maximum Gasteiger partial charge on any atom is 0.210 e. The van der Waals surface area contributed by atoms with Crippen LogP contribution >= 0.6 is 0 Å². The fourth-order valence-corrected chi connectivity index (χ4v) is 8.62. The number of fused-ring (bicyclic) bond motifs is 4. The summed E-state index contributed by atoms with van der Waals surface area (Å²) in [5, 5.41) is 9.76. The molecule has 0 radical (unpaired) electrons. The molecule has 0 saturated carbocycles. The van der Waals surface area contributed by atoms with Crippen molar-refractivity contribution in [2.45, 2.75) is 23.1 Å². The molecule has 9 rings (SSSR count). The Labute approximate surface area is 230 Å². The second-order valence-corrected chi connectivity index (χ2v) is 12.5. The molecule has 5 heteroatoms. The van der Waals surface area contributed by atoms with E-state index in [4.69, 9.17) is 4.98 Å². The number of aryl methyl sites for hydroxylation is 1. The van der Waals surface area contributed by atoms with Gasteiger partial charge in [0.15, 0.2) is 0 Å². The van der Waals surface area contributed by atoms with Crippen LogP contribution in [-0.2, 0) is 16.3 Å². The lowest BCUT2D eigenvalue weighted by molar-refractivity contribution is 0.594. The van der Waals surface area contributed by atoms with E-state index in [2.05, 4.69) is 79.7 Å². The smallest absolute Gasteiger partial charge is 0.210 e. The van der Waals surface area contributed by atoms with Crippen molar-refractivity contribution < 1.29 is 8.42 Å². The summed E-state index contributed by atoms with van der Waals surface area (Å²) in [7, 11) is -3.72. The van der Waals surface area contributed by atoms with Gasteiger partial charge in [-0.25, -0.2) is 13.4 Å². The van der Waals surface area contributed by atoms with Crippen LogP contribution in [-0.4, -0.2) is 18.0 Å². The van der Waals surface area contributed by atoms with Crippen LogP contribution in [0.3, 0.4) is 0 Å². The summed E-state index contributed by atoms with van der Waals surface area (Å²) in [6.07, 6.45) is 0.707. The molecule has 0 N–H and O–H groups in total. The first-order chi connectivity index (χ1) is 19.6. The van der Waals surface area contributed by atoms with Crippen LogP contribution in [0.5, 0.6) is 0 Å². The SMILES string of the molecule is CCc1nc2cccc3c2n1-c1ccc(-c2ccc4c5cccc6cccc(c7cccc2c74)c65)cc1S3(=O)=O. The lowest BCUT2D eigenvalue weighted by Gasteiger charge is -2.22. The number of sulfone groups is 1.